The van der Waals surface area contributed by atoms with Crippen LogP contribution in [-0.2, 0) is 6.54 Å². The minimum atomic E-state index is -0.498. The van der Waals surface area contributed by atoms with Gasteiger partial charge in [0.25, 0.3) is 0 Å². The third kappa shape index (κ3) is 3.48. The molecule has 0 saturated heterocycles. The number of benzene rings is 1. The molecule has 22 heavy (non-hydrogen) atoms. The first-order valence-electron chi connectivity index (χ1n) is 7.21. The number of hydrogen-bond donors (Lipinski definition) is 0. The van der Waals surface area contributed by atoms with E-state index in [2.05, 4.69) is 5.10 Å². The number of halogens is 1. The Kier molecular flexibility index (Phi) is 5.21. The van der Waals surface area contributed by atoms with Gasteiger partial charge in [0.15, 0.2) is 0 Å². The van der Waals surface area contributed by atoms with Crippen LogP contribution in [0.2, 0.25) is 5.02 Å². The Morgan fingerprint density at radius 3 is 2.45 bits per heavy atom. The number of aromatic nitrogens is 2. The van der Waals surface area contributed by atoms with Gasteiger partial charge in [0.05, 0.1) is 23.0 Å². The van der Waals surface area contributed by atoms with E-state index >= 15 is 0 Å². The standard InChI is InChI=1S/C16H19ClN3O2/c1-4-9-20(22)16(21)14-7-5-13(6-8-14)10-19-12(3)15(17)11(2)18-19/h5-8H,4,9-10H2,1-3H3/q-1. The van der Waals surface area contributed by atoms with Crippen LogP contribution >= 0.6 is 11.6 Å². The first-order valence-corrected chi connectivity index (χ1v) is 7.59. The van der Waals surface area contributed by atoms with Gasteiger partial charge in [-0.1, -0.05) is 30.7 Å². The van der Waals surface area contributed by atoms with Gasteiger partial charge in [-0.3, -0.25) is 9.48 Å². The molecule has 0 aliphatic carbocycles. The van der Waals surface area contributed by atoms with E-state index in [1.54, 1.807) is 12.1 Å². The number of rotatable bonds is 5. The number of hydrogen-bond acceptors (Lipinski definition) is 3. The largest absolute Gasteiger partial charge is 0.756 e. The predicted octanol–water partition coefficient (Wildman–Crippen LogP) is 3.55. The highest BCUT2D eigenvalue weighted by Crippen LogP contribution is 2.20. The molecule has 2 aromatic rings. The lowest BCUT2D eigenvalue weighted by Crippen LogP contribution is -2.25. The van der Waals surface area contributed by atoms with E-state index in [9.17, 15) is 10.0 Å². The van der Waals surface area contributed by atoms with E-state index in [1.165, 1.54) is 0 Å². The molecule has 0 aliphatic heterocycles. The molecule has 1 heterocycles. The third-order valence-corrected chi connectivity index (χ3v) is 4.03. The number of carbonyl (C=O) groups is 1. The fourth-order valence-electron chi connectivity index (χ4n) is 2.20. The highest BCUT2D eigenvalue weighted by atomic mass is 35.5. The smallest absolute Gasteiger partial charge is 0.243 e. The minimum Gasteiger partial charge on any atom is -0.756 e. The summed E-state index contributed by atoms with van der Waals surface area (Å²) in [6, 6.07) is 7.01. The molecule has 0 atom stereocenters. The van der Waals surface area contributed by atoms with E-state index in [0.29, 0.717) is 28.6 Å². The normalized spacial score (nSPS) is 10.8. The van der Waals surface area contributed by atoms with Crippen molar-refractivity contribution in [3.8, 4) is 0 Å². The van der Waals surface area contributed by atoms with Crippen molar-refractivity contribution in [3.05, 3.63) is 57.0 Å². The van der Waals surface area contributed by atoms with Crippen molar-refractivity contribution in [2.24, 2.45) is 0 Å². The summed E-state index contributed by atoms with van der Waals surface area (Å²) in [5, 5.41) is 17.1. The van der Waals surface area contributed by atoms with Crippen LogP contribution in [0.4, 0.5) is 0 Å². The Hall–Kier alpha value is -1.85. The van der Waals surface area contributed by atoms with Crippen LogP contribution in [0, 0.1) is 19.1 Å². The maximum Gasteiger partial charge on any atom is 0.243 e. The Balaban J connectivity index is 2.12. The molecule has 0 radical (unpaired) electrons. The molecule has 0 spiro atoms. The first kappa shape index (κ1) is 16.5. The zero-order valence-electron chi connectivity index (χ0n) is 13.0. The zero-order valence-corrected chi connectivity index (χ0v) is 13.7. The quantitative estimate of drug-likeness (QED) is 0.791. The molecule has 6 heteroatoms. The molecule has 1 aromatic carbocycles. The molecule has 0 fully saturated rings. The van der Waals surface area contributed by atoms with Gasteiger partial charge in [-0.25, -0.2) is 0 Å². The molecule has 0 unspecified atom stereocenters. The maximum absolute atomic E-state index is 11.9. The summed E-state index contributed by atoms with van der Waals surface area (Å²) in [5.74, 6) is -0.498. The second kappa shape index (κ2) is 6.94. The van der Waals surface area contributed by atoms with Gasteiger partial charge in [-0.2, -0.15) is 5.10 Å². The van der Waals surface area contributed by atoms with Gasteiger partial charge in [-0.15, -0.1) is 0 Å². The van der Waals surface area contributed by atoms with Crippen molar-refractivity contribution in [1.29, 1.82) is 0 Å². The average Bonchev–Trinajstić information content (AvgIpc) is 2.75. The first-order chi connectivity index (χ1) is 10.4. The zero-order chi connectivity index (χ0) is 16.3. The summed E-state index contributed by atoms with van der Waals surface area (Å²) in [7, 11) is 0. The van der Waals surface area contributed by atoms with E-state index in [1.807, 2.05) is 37.6 Å². The van der Waals surface area contributed by atoms with Crippen molar-refractivity contribution < 1.29 is 4.79 Å². The molecule has 1 amide bonds. The van der Waals surface area contributed by atoms with Crippen LogP contribution in [0.1, 0.15) is 40.7 Å². The summed E-state index contributed by atoms with van der Waals surface area (Å²) in [6.45, 7) is 6.43. The van der Waals surface area contributed by atoms with E-state index in [-0.39, 0.29) is 6.54 Å². The maximum atomic E-state index is 11.9. The number of hydroxylamine groups is 2. The molecule has 0 N–H and O–H groups in total. The molecule has 5 nitrogen and oxygen atoms in total. The number of aryl methyl sites for hydroxylation is 1. The summed E-state index contributed by atoms with van der Waals surface area (Å²) >= 11 is 6.13. The molecular weight excluding hydrogens is 302 g/mol. The van der Waals surface area contributed by atoms with Gasteiger partial charge in [0, 0.05) is 12.1 Å². The molecule has 0 aliphatic rings. The summed E-state index contributed by atoms with van der Waals surface area (Å²) in [5.41, 5.74) is 3.10. The minimum absolute atomic E-state index is 0.213. The fourth-order valence-corrected chi connectivity index (χ4v) is 2.34. The topological polar surface area (TPSA) is 61.2 Å². The molecule has 1 aromatic heterocycles. The Morgan fingerprint density at radius 2 is 1.95 bits per heavy atom. The third-order valence-electron chi connectivity index (χ3n) is 3.48. The highest BCUT2D eigenvalue weighted by Gasteiger charge is 2.10. The van der Waals surface area contributed by atoms with E-state index in [4.69, 9.17) is 11.6 Å². The van der Waals surface area contributed by atoms with Crippen LogP contribution < -0.4 is 0 Å². The predicted molar refractivity (Wildman–Crippen MR) is 86.9 cm³/mol. The highest BCUT2D eigenvalue weighted by molar-refractivity contribution is 6.31. The van der Waals surface area contributed by atoms with Crippen molar-refractivity contribution in [2.75, 3.05) is 6.54 Å². The van der Waals surface area contributed by atoms with Crippen molar-refractivity contribution >= 4 is 17.5 Å². The summed E-state index contributed by atoms with van der Waals surface area (Å²) in [4.78, 5) is 11.9. The van der Waals surface area contributed by atoms with Gasteiger partial charge in [-0.05, 0) is 38.0 Å². The second-order valence-corrected chi connectivity index (χ2v) is 5.62. The average molecular weight is 321 g/mol. The SMILES string of the molecule is CCCN([O-])C(=O)c1ccc(Cn2nc(C)c(Cl)c2C)cc1. The van der Waals surface area contributed by atoms with Crippen molar-refractivity contribution in [3.63, 3.8) is 0 Å². The van der Waals surface area contributed by atoms with Gasteiger partial charge < -0.3 is 10.3 Å². The number of carbonyl (C=O) groups excluding carboxylic acids is 1. The van der Waals surface area contributed by atoms with Crippen molar-refractivity contribution in [1.82, 2.24) is 14.8 Å². The lowest BCUT2D eigenvalue weighted by atomic mass is 10.1. The summed E-state index contributed by atoms with van der Waals surface area (Å²) in [6.07, 6.45) is 0.645. The number of nitrogens with zero attached hydrogens (tertiary/aromatic N) is 3. The van der Waals surface area contributed by atoms with Crippen LogP contribution in [0.25, 0.3) is 0 Å². The summed E-state index contributed by atoms with van der Waals surface area (Å²) < 4.78 is 1.82. The van der Waals surface area contributed by atoms with Crippen LogP contribution in [0.5, 0.6) is 0 Å². The molecule has 2 rings (SSSR count). The second-order valence-electron chi connectivity index (χ2n) is 5.25. The van der Waals surface area contributed by atoms with E-state index < -0.39 is 5.91 Å². The lowest BCUT2D eigenvalue weighted by molar-refractivity contribution is 0.0822. The van der Waals surface area contributed by atoms with Crippen LogP contribution in [-0.4, -0.2) is 27.3 Å². The Morgan fingerprint density at radius 1 is 1.32 bits per heavy atom. The number of amides is 1. The monoisotopic (exact) mass is 320 g/mol. The van der Waals surface area contributed by atoms with Crippen LogP contribution in [0.15, 0.2) is 24.3 Å². The Labute approximate surface area is 135 Å². The van der Waals surface area contributed by atoms with Gasteiger partial charge >= 0.3 is 0 Å². The molecule has 0 bridgehead atoms. The fraction of sp³-hybridized carbons (Fsp3) is 0.375. The van der Waals surface area contributed by atoms with E-state index in [0.717, 1.165) is 17.0 Å². The lowest BCUT2D eigenvalue weighted by Gasteiger charge is -2.27. The molecule has 0 saturated carbocycles. The van der Waals surface area contributed by atoms with Crippen molar-refractivity contribution in [2.45, 2.75) is 33.7 Å². The molecular formula is C16H19ClN3O2-. The van der Waals surface area contributed by atoms with Crippen LogP contribution in [0.3, 0.4) is 0 Å². The van der Waals surface area contributed by atoms with Gasteiger partial charge in [0.1, 0.15) is 0 Å². The molecule has 118 valence electrons. The van der Waals surface area contributed by atoms with Gasteiger partial charge in [0.2, 0.25) is 5.91 Å². The Bertz CT molecular complexity index is 665.